The smallest absolute Gasteiger partial charge is 0.407 e. The van der Waals surface area contributed by atoms with Gasteiger partial charge in [-0.1, -0.05) is 38.7 Å². The molecule has 4 amide bonds. The molecule has 5 aromatic rings. The molecule has 4 N–H and O–H groups in total. The number of ether oxygens (including phenoxy) is 4. The first-order valence-corrected chi connectivity index (χ1v) is 23.6. The lowest BCUT2D eigenvalue weighted by atomic mass is 9.91. The van der Waals surface area contributed by atoms with E-state index in [-0.39, 0.29) is 36.7 Å². The Morgan fingerprint density at radius 2 is 1.79 bits per heavy atom. The Hall–Kier alpha value is -6.98. The van der Waals surface area contributed by atoms with Crippen LogP contribution in [0.15, 0.2) is 54.7 Å². The van der Waals surface area contributed by atoms with E-state index in [0.29, 0.717) is 84.8 Å². The second kappa shape index (κ2) is 19.7. The Kier molecular flexibility index (Phi) is 13.4. The number of H-pyrrole nitrogens is 2. The number of halogens is 1. The highest BCUT2D eigenvalue weighted by Gasteiger charge is 2.39. The standard InChI is InChI=1S/C48H53FN10O8S/c1-6-16-66-25-39-50-23-38(68-39)46-59-33-13-12-27(31-21-51-44(54-31)35-10-7-8-14-58(35)45(61)42(26(2)3)56-48(63)65-5)17-29(33)19-36(59)41-30(49)18-28(20-37(41)67-46)32-22-52-43(55-32)34-11-9-15-57(34)40(60)24-53-47(62)64-4/h12-13,17,19-23,26,30,34-35,42,46H,6,8-9,11,14-16,18,24-25H2,1-5H3,(H,51,54)(H,52,55)(H,53,62)(H,56,63). The molecule has 4 aliphatic rings. The molecule has 5 atom stereocenters. The monoisotopic (exact) mass is 948 g/mol. The van der Waals surface area contributed by atoms with E-state index >= 15 is 4.39 Å². The van der Waals surface area contributed by atoms with Gasteiger partial charge in [0.1, 0.15) is 41.2 Å². The van der Waals surface area contributed by atoms with Crippen LogP contribution in [0.1, 0.15) is 104 Å². The molecule has 356 valence electrons. The Morgan fingerprint density at radius 3 is 2.59 bits per heavy atom. The largest absolute Gasteiger partial charge is 0.464 e. The third kappa shape index (κ3) is 9.07. The summed E-state index contributed by atoms with van der Waals surface area (Å²) < 4.78 is 41.1. The molecule has 0 bridgehead atoms. The number of likely N-dealkylation sites (tertiary alicyclic amines) is 1. The number of alkyl halides is 1. The maximum Gasteiger partial charge on any atom is 0.407 e. The van der Waals surface area contributed by atoms with Gasteiger partial charge in [-0.05, 0) is 55.0 Å². The second-order valence-corrected chi connectivity index (χ2v) is 18.4. The number of aromatic nitrogens is 6. The van der Waals surface area contributed by atoms with E-state index in [2.05, 4.69) is 54.1 Å². The zero-order valence-corrected chi connectivity index (χ0v) is 39.2. The predicted octanol–water partition coefficient (Wildman–Crippen LogP) is 6.93. The number of thiazole rings is 1. The van der Waals surface area contributed by atoms with Gasteiger partial charge in [0, 0.05) is 49.7 Å². The molecule has 0 spiro atoms. The van der Waals surface area contributed by atoms with Gasteiger partial charge in [-0.3, -0.25) is 14.2 Å². The Bertz CT molecular complexity index is 2870. The zero-order chi connectivity index (χ0) is 47.6. The number of hydrogen-bond donors (Lipinski definition) is 4. The van der Waals surface area contributed by atoms with Crippen molar-refractivity contribution in [3.8, 4) is 23.1 Å². The summed E-state index contributed by atoms with van der Waals surface area (Å²) >= 11 is 1.48. The van der Waals surface area contributed by atoms with Crippen molar-refractivity contribution in [3.05, 3.63) is 87.6 Å². The molecule has 68 heavy (non-hydrogen) atoms. The summed E-state index contributed by atoms with van der Waals surface area (Å²) in [6.45, 7) is 7.41. The fourth-order valence-electron chi connectivity index (χ4n) is 9.19. The molecule has 1 aliphatic carbocycles. The van der Waals surface area contributed by atoms with E-state index in [1.807, 2.05) is 48.8 Å². The number of carbonyl (C=O) groups is 4. The molecular weight excluding hydrogens is 896 g/mol. The third-order valence-corrected chi connectivity index (χ3v) is 13.5. The summed E-state index contributed by atoms with van der Waals surface area (Å²) in [5.41, 5.74) is 4.71. The molecule has 18 nitrogen and oxygen atoms in total. The van der Waals surface area contributed by atoms with Crippen molar-refractivity contribution in [2.24, 2.45) is 5.92 Å². The van der Waals surface area contributed by atoms with Gasteiger partial charge in [0.25, 0.3) is 0 Å². The maximum absolute atomic E-state index is 17.0. The summed E-state index contributed by atoms with van der Waals surface area (Å²) in [7, 11) is 2.50. The summed E-state index contributed by atoms with van der Waals surface area (Å²) in [4.78, 5) is 75.7. The minimum Gasteiger partial charge on any atom is -0.464 e. The number of fused-ring (bicyclic) bond motifs is 4. The van der Waals surface area contributed by atoms with Crippen molar-refractivity contribution in [2.45, 2.75) is 90.0 Å². The molecule has 0 radical (unpaired) electrons. The Morgan fingerprint density at radius 1 is 1.00 bits per heavy atom. The number of hydrogen-bond acceptors (Lipinski definition) is 12. The van der Waals surface area contributed by atoms with Gasteiger partial charge in [0.2, 0.25) is 18.0 Å². The quantitative estimate of drug-likeness (QED) is 0.0663. The fourth-order valence-corrected chi connectivity index (χ4v) is 10.1. The van der Waals surface area contributed by atoms with Gasteiger partial charge in [-0.25, -0.2) is 28.9 Å². The second-order valence-electron chi connectivity index (χ2n) is 17.3. The van der Waals surface area contributed by atoms with Crippen molar-refractivity contribution in [3.63, 3.8) is 0 Å². The van der Waals surface area contributed by atoms with Gasteiger partial charge < -0.3 is 49.3 Å². The number of amides is 4. The summed E-state index contributed by atoms with van der Waals surface area (Å²) in [5.74, 6) is 7.01. The minimum atomic E-state index is -1.44. The molecule has 7 heterocycles. The number of aromatic amines is 2. The number of imidazole rings is 2. The first-order chi connectivity index (χ1) is 33.0. The molecule has 20 heteroatoms. The van der Waals surface area contributed by atoms with Crippen LogP contribution in [0.4, 0.5) is 14.0 Å². The fraction of sp³-hybridized carbons (Fsp3) is 0.438. The van der Waals surface area contributed by atoms with Crippen LogP contribution in [0.3, 0.4) is 0 Å². The van der Waals surface area contributed by atoms with Crippen molar-refractivity contribution in [1.29, 1.82) is 0 Å². The Balaban J connectivity index is 1.03. The summed E-state index contributed by atoms with van der Waals surface area (Å²) in [6.07, 6.45) is 6.40. The van der Waals surface area contributed by atoms with Crippen LogP contribution in [0, 0.1) is 17.8 Å². The molecule has 0 saturated carbocycles. The van der Waals surface area contributed by atoms with E-state index < -0.39 is 36.7 Å². The van der Waals surface area contributed by atoms with E-state index in [1.165, 1.54) is 25.6 Å². The lowest BCUT2D eigenvalue weighted by Gasteiger charge is -2.33. The molecule has 1 fully saturated rings. The van der Waals surface area contributed by atoms with Gasteiger partial charge >= 0.3 is 12.2 Å². The van der Waals surface area contributed by atoms with E-state index in [9.17, 15) is 19.2 Å². The van der Waals surface area contributed by atoms with Crippen LogP contribution >= 0.6 is 11.3 Å². The number of rotatable bonds is 14. The first-order valence-electron chi connectivity index (χ1n) is 22.7. The molecule has 3 aliphatic heterocycles. The molecule has 9 rings (SSSR count). The third-order valence-electron chi connectivity index (χ3n) is 12.5. The van der Waals surface area contributed by atoms with Crippen molar-refractivity contribution in [1.82, 2.24) is 49.9 Å². The van der Waals surface area contributed by atoms with E-state index in [1.54, 1.807) is 28.4 Å². The molecule has 1 saturated heterocycles. The number of carbonyl (C=O) groups excluding carboxylic acids is 4. The minimum absolute atomic E-state index is 0.0499. The lowest BCUT2D eigenvalue weighted by molar-refractivity contribution is -0.136. The van der Waals surface area contributed by atoms with Crippen molar-refractivity contribution in [2.75, 3.05) is 40.5 Å². The number of nitrogens with one attached hydrogen (secondary N) is 4. The predicted molar refractivity (Wildman–Crippen MR) is 249 cm³/mol. The van der Waals surface area contributed by atoms with Crippen molar-refractivity contribution < 1.29 is 42.5 Å². The normalized spacial score (nSPS) is 20.2. The van der Waals surface area contributed by atoms with E-state index in [0.717, 1.165) is 39.2 Å². The van der Waals surface area contributed by atoms with Crippen LogP contribution < -0.4 is 10.6 Å². The van der Waals surface area contributed by atoms with Gasteiger partial charge in [0.15, 0.2) is 6.04 Å². The van der Waals surface area contributed by atoms with Gasteiger partial charge in [-0.15, -0.1) is 11.3 Å². The molecule has 1 aromatic carbocycles. The SMILES string of the molecule is CCCOCc1ncc(C2OC3=C(c4cc5cc(-c6cnc(C7C#CCCN7C(=O)C(NC(=O)OC)C(C)C)[nH]6)ccc5n42)C(F)CC(c2cnc(C4CCCN4C(=O)CNC(=O)OC)[nH]2)=C3)s1. The number of methoxy groups -OCH3 is 2. The van der Waals surface area contributed by atoms with Crippen LogP contribution in [0.2, 0.25) is 0 Å². The Labute approximate surface area is 395 Å². The molecular formula is C48H53FN10O8S. The maximum atomic E-state index is 17.0. The number of allylic oxidation sites excluding steroid dienone is 3. The van der Waals surface area contributed by atoms with Gasteiger partial charge in [-0.2, -0.15) is 0 Å². The highest BCUT2D eigenvalue weighted by atomic mass is 32.1. The number of benzene rings is 1. The topological polar surface area (TPSA) is 211 Å². The zero-order valence-electron chi connectivity index (χ0n) is 38.4. The highest BCUT2D eigenvalue weighted by molar-refractivity contribution is 7.11. The van der Waals surface area contributed by atoms with E-state index in [4.69, 9.17) is 19.2 Å². The van der Waals surface area contributed by atoms with Crippen LogP contribution in [0.5, 0.6) is 0 Å². The van der Waals surface area contributed by atoms with Gasteiger partial charge in [0.05, 0.1) is 72.3 Å². The summed E-state index contributed by atoms with van der Waals surface area (Å²) in [5, 5.41) is 6.76. The first kappa shape index (κ1) is 46.1. The van der Waals surface area contributed by atoms with Crippen LogP contribution in [0.25, 0.3) is 33.3 Å². The van der Waals surface area contributed by atoms with Crippen molar-refractivity contribution >= 4 is 57.4 Å². The van der Waals surface area contributed by atoms with Crippen LogP contribution in [-0.2, 0) is 35.1 Å². The highest BCUT2D eigenvalue weighted by Crippen LogP contribution is 2.48. The molecule has 5 unspecified atom stereocenters. The average Bonchev–Trinajstić information content (AvgIpc) is 4.21. The average molecular weight is 949 g/mol. The number of nitrogens with zero attached hydrogens (tertiary/aromatic N) is 6. The molecule has 4 aromatic heterocycles. The van der Waals surface area contributed by atoms with Crippen LogP contribution in [-0.4, -0.2) is 116 Å². The number of alkyl carbamates (subject to hydrolysis) is 2. The summed E-state index contributed by atoms with van der Waals surface area (Å²) in [6, 6.07) is 6.13. The lowest BCUT2D eigenvalue weighted by Crippen LogP contribution is -2.52.